The van der Waals surface area contributed by atoms with E-state index in [9.17, 15) is 32.1 Å². The molecule has 0 fully saturated rings. The highest BCUT2D eigenvalue weighted by Crippen LogP contribution is 2.35. The quantitative estimate of drug-likeness (QED) is 0.455. The first kappa shape index (κ1) is 12.3. The van der Waals surface area contributed by atoms with Crippen LogP contribution in [-0.2, 0) is 6.18 Å². The number of rotatable bonds is 2. The predicted octanol–water partition coefficient (Wildman–Crippen LogP) is 2.95. The number of alkyl halides is 5. The van der Waals surface area contributed by atoms with E-state index in [0.29, 0.717) is 0 Å². The largest absolute Gasteiger partial charge is 0.440 e. The lowest BCUT2D eigenvalue weighted by atomic mass is 10.2. The summed E-state index contributed by atoms with van der Waals surface area (Å²) in [6, 6.07) is 0.167. The first-order valence-corrected chi connectivity index (χ1v) is 3.73. The summed E-state index contributed by atoms with van der Waals surface area (Å²) in [5.74, 6) is 0. The minimum atomic E-state index is -5.05. The molecule has 4 nitrogen and oxygen atoms in total. The highest BCUT2D eigenvalue weighted by Gasteiger charge is 2.40. The molecule has 1 rings (SSSR count). The van der Waals surface area contributed by atoms with E-state index in [-0.39, 0.29) is 12.3 Å². The van der Waals surface area contributed by atoms with Crippen LogP contribution < -0.4 is 0 Å². The van der Waals surface area contributed by atoms with E-state index in [1.165, 1.54) is 0 Å². The average molecular weight is 242 g/mol. The lowest BCUT2D eigenvalue weighted by Gasteiger charge is -2.07. The molecule has 9 heteroatoms. The zero-order valence-electron chi connectivity index (χ0n) is 7.33. The second-order valence-corrected chi connectivity index (χ2v) is 2.69. The van der Waals surface area contributed by atoms with Crippen molar-refractivity contribution in [2.45, 2.75) is 12.6 Å². The van der Waals surface area contributed by atoms with Crippen molar-refractivity contribution in [2.24, 2.45) is 0 Å². The molecule has 16 heavy (non-hydrogen) atoms. The van der Waals surface area contributed by atoms with Crippen LogP contribution in [0.2, 0.25) is 0 Å². The number of halogens is 5. The van der Waals surface area contributed by atoms with Crippen molar-refractivity contribution in [2.75, 3.05) is 0 Å². The molecular weight excluding hydrogens is 239 g/mol. The molecule has 0 spiro atoms. The van der Waals surface area contributed by atoms with Gasteiger partial charge in [0.1, 0.15) is 0 Å². The Morgan fingerprint density at radius 1 is 1.38 bits per heavy atom. The number of hydrogen-bond acceptors (Lipinski definition) is 3. The molecule has 1 aromatic rings. The van der Waals surface area contributed by atoms with Crippen LogP contribution in [-0.4, -0.2) is 9.91 Å². The van der Waals surface area contributed by atoms with Gasteiger partial charge in [-0.25, -0.2) is 13.8 Å². The number of hydrogen-bond donors (Lipinski definition) is 0. The van der Waals surface area contributed by atoms with Gasteiger partial charge < -0.3 is 0 Å². The van der Waals surface area contributed by atoms with E-state index >= 15 is 0 Å². The third-order valence-electron chi connectivity index (χ3n) is 1.61. The van der Waals surface area contributed by atoms with Gasteiger partial charge in [0.05, 0.1) is 4.92 Å². The van der Waals surface area contributed by atoms with Crippen molar-refractivity contribution >= 4 is 5.69 Å². The molecule has 88 valence electrons. The van der Waals surface area contributed by atoms with Gasteiger partial charge in [0, 0.05) is 17.8 Å². The summed E-state index contributed by atoms with van der Waals surface area (Å²) in [5.41, 5.74) is -4.20. The summed E-state index contributed by atoms with van der Waals surface area (Å²) < 4.78 is 60.8. The molecule has 0 unspecified atom stereocenters. The van der Waals surface area contributed by atoms with Crippen molar-refractivity contribution in [3.63, 3.8) is 0 Å². The third-order valence-corrected chi connectivity index (χ3v) is 1.61. The first-order chi connectivity index (χ1) is 7.23. The van der Waals surface area contributed by atoms with E-state index in [2.05, 4.69) is 4.98 Å². The van der Waals surface area contributed by atoms with Crippen molar-refractivity contribution in [3.8, 4) is 0 Å². The van der Waals surface area contributed by atoms with Crippen LogP contribution >= 0.6 is 0 Å². The lowest BCUT2D eigenvalue weighted by molar-refractivity contribution is -0.388. The van der Waals surface area contributed by atoms with Gasteiger partial charge in [0.2, 0.25) is 5.69 Å². The SMILES string of the molecule is O=[N+]([O-])c1cc(C(F)F)cnc1C(F)(F)F. The number of nitro groups is 1. The summed E-state index contributed by atoms with van der Waals surface area (Å²) in [6.07, 6.45) is -7.91. The van der Waals surface area contributed by atoms with Crippen LogP contribution in [0.15, 0.2) is 12.3 Å². The van der Waals surface area contributed by atoms with E-state index in [4.69, 9.17) is 0 Å². The molecule has 0 saturated carbocycles. The Kier molecular flexibility index (Phi) is 3.06. The minimum Gasteiger partial charge on any atom is -0.258 e. The van der Waals surface area contributed by atoms with Crippen molar-refractivity contribution in [3.05, 3.63) is 33.6 Å². The Balaban J connectivity index is 3.37. The molecule has 1 aromatic heterocycles. The van der Waals surface area contributed by atoms with Crippen LogP contribution in [0.25, 0.3) is 0 Å². The van der Waals surface area contributed by atoms with E-state index in [1.807, 2.05) is 0 Å². The third kappa shape index (κ3) is 2.41. The maximum atomic E-state index is 12.2. The Bertz CT molecular complexity index is 418. The average Bonchev–Trinajstić information content (AvgIpc) is 2.15. The second kappa shape index (κ2) is 3.99. The summed E-state index contributed by atoms with van der Waals surface area (Å²) in [6.45, 7) is 0. The molecule has 1 heterocycles. The molecule has 0 N–H and O–H groups in total. The van der Waals surface area contributed by atoms with Gasteiger partial charge in [0.15, 0.2) is 0 Å². The maximum absolute atomic E-state index is 12.2. The zero-order valence-corrected chi connectivity index (χ0v) is 7.33. The molecule has 0 aliphatic heterocycles. The second-order valence-electron chi connectivity index (χ2n) is 2.69. The number of nitrogens with zero attached hydrogens (tertiary/aromatic N) is 2. The summed E-state index contributed by atoms with van der Waals surface area (Å²) in [5, 5.41) is 10.3. The summed E-state index contributed by atoms with van der Waals surface area (Å²) >= 11 is 0. The van der Waals surface area contributed by atoms with Gasteiger partial charge in [0.25, 0.3) is 6.43 Å². The Morgan fingerprint density at radius 3 is 2.31 bits per heavy atom. The first-order valence-electron chi connectivity index (χ1n) is 3.73. The molecular formula is C7H3F5N2O2. The smallest absolute Gasteiger partial charge is 0.258 e. The Hall–Kier alpha value is -1.80. The maximum Gasteiger partial charge on any atom is 0.440 e. The molecule has 0 aromatic carbocycles. The van der Waals surface area contributed by atoms with Crippen molar-refractivity contribution in [1.29, 1.82) is 0 Å². The fraction of sp³-hybridized carbons (Fsp3) is 0.286. The van der Waals surface area contributed by atoms with Crippen LogP contribution in [0, 0.1) is 10.1 Å². The van der Waals surface area contributed by atoms with Gasteiger partial charge in [-0.15, -0.1) is 0 Å². The van der Waals surface area contributed by atoms with Gasteiger partial charge in [-0.2, -0.15) is 13.2 Å². The minimum absolute atomic E-state index is 0.167. The van der Waals surface area contributed by atoms with Crippen LogP contribution in [0.3, 0.4) is 0 Å². The topological polar surface area (TPSA) is 56.0 Å². The Morgan fingerprint density at radius 2 is 1.94 bits per heavy atom. The zero-order chi connectivity index (χ0) is 12.5. The van der Waals surface area contributed by atoms with E-state index in [1.54, 1.807) is 0 Å². The molecule has 0 bridgehead atoms. The molecule has 0 amide bonds. The van der Waals surface area contributed by atoms with Crippen molar-refractivity contribution < 1.29 is 26.9 Å². The molecule has 0 aliphatic carbocycles. The lowest BCUT2D eigenvalue weighted by Crippen LogP contribution is -2.12. The monoisotopic (exact) mass is 242 g/mol. The summed E-state index contributed by atoms with van der Waals surface area (Å²) in [7, 11) is 0. The summed E-state index contributed by atoms with van der Waals surface area (Å²) in [4.78, 5) is 11.5. The molecule has 0 saturated heterocycles. The van der Waals surface area contributed by atoms with Crippen LogP contribution in [0.4, 0.5) is 27.6 Å². The predicted molar refractivity (Wildman–Crippen MR) is 40.9 cm³/mol. The molecule has 0 radical (unpaired) electrons. The van der Waals surface area contributed by atoms with Crippen molar-refractivity contribution in [1.82, 2.24) is 4.98 Å². The number of aromatic nitrogens is 1. The Labute approximate surface area is 84.9 Å². The van der Waals surface area contributed by atoms with Gasteiger partial charge >= 0.3 is 11.9 Å². The standard InChI is InChI=1S/C7H3F5N2O2/c8-6(9)3-1-4(14(15)16)5(13-2-3)7(10,11)12/h1-2,6H. The normalized spacial score (nSPS) is 11.9. The highest BCUT2D eigenvalue weighted by molar-refractivity contribution is 5.40. The van der Waals surface area contributed by atoms with E-state index < -0.39 is 34.5 Å². The number of pyridine rings is 1. The fourth-order valence-corrected chi connectivity index (χ4v) is 0.946. The van der Waals surface area contributed by atoms with Crippen LogP contribution in [0.1, 0.15) is 17.7 Å². The van der Waals surface area contributed by atoms with E-state index in [0.717, 1.165) is 0 Å². The molecule has 0 atom stereocenters. The van der Waals surface area contributed by atoms with Crippen LogP contribution in [0.5, 0.6) is 0 Å². The van der Waals surface area contributed by atoms with Gasteiger partial charge in [-0.1, -0.05) is 0 Å². The van der Waals surface area contributed by atoms with Gasteiger partial charge in [-0.3, -0.25) is 10.1 Å². The fourth-order valence-electron chi connectivity index (χ4n) is 0.946. The van der Waals surface area contributed by atoms with Gasteiger partial charge in [-0.05, 0) is 0 Å². The highest BCUT2D eigenvalue weighted by atomic mass is 19.4. The molecule has 0 aliphatic rings.